The number of carbonyl (C=O) groups is 1. The van der Waals surface area contributed by atoms with Gasteiger partial charge in [-0.3, -0.25) is 4.90 Å². The van der Waals surface area contributed by atoms with Gasteiger partial charge in [0.15, 0.2) is 0 Å². The molecule has 1 aliphatic rings. The monoisotopic (exact) mass is 247 g/mol. The van der Waals surface area contributed by atoms with Crippen LogP contribution in [-0.4, -0.2) is 31.1 Å². The molecule has 1 aromatic carbocycles. The number of amides is 2. The Morgan fingerprint density at radius 1 is 1.22 bits per heavy atom. The smallest absolute Gasteiger partial charge is 0.318 e. The SMILES string of the molecule is CNC(=O)Nc1ccccc1CN1CCCCC1. The molecule has 18 heavy (non-hydrogen) atoms. The van der Waals surface area contributed by atoms with Crippen molar-refractivity contribution in [2.75, 3.05) is 25.5 Å². The van der Waals surface area contributed by atoms with E-state index in [-0.39, 0.29) is 6.03 Å². The van der Waals surface area contributed by atoms with E-state index >= 15 is 0 Å². The van der Waals surface area contributed by atoms with Gasteiger partial charge in [0.1, 0.15) is 0 Å². The van der Waals surface area contributed by atoms with Gasteiger partial charge in [-0.05, 0) is 37.6 Å². The van der Waals surface area contributed by atoms with Crippen LogP contribution < -0.4 is 10.6 Å². The lowest BCUT2D eigenvalue weighted by atomic mass is 10.1. The van der Waals surface area contributed by atoms with Crippen molar-refractivity contribution in [2.45, 2.75) is 25.8 Å². The van der Waals surface area contributed by atoms with E-state index in [1.807, 2.05) is 18.2 Å². The maximum atomic E-state index is 11.4. The first-order chi connectivity index (χ1) is 8.79. The Bertz CT molecular complexity index is 400. The lowest BCUT2D eigenvalue weighted by molar-refractivity contribution is 0.221. The van der Waals surface area contributed by atoms with Crippen molar-refractivity contribution in [1.82, 2.24) is 10.2 Å². The number of anilines is 1. The summed E-state index contributed by atoms with van der Waals surface area (Å²) in [6.07, 6.45) is 3.91. The summed E-state index contributed by atoms with van der Waals surface area (Å²) >= 11 is 0. The lowest BCUT2D eigenvalue weighted by Crippen LogP contribution is -2.30. The molecular formula is C14H21N3O. The van der Waals surface area contributed by atoms with Crippen LogP contribution in [0.2, 0.25) is 0 Å². The van der Waals surface area contributed by atoms with Crippen LogP contribution in [0.1, 0.15) is 24.8 Å². The first kappa shape index (κ1) is 12.9. The maximum absolute atomic E-state index is 11.4. The predicted octanol–water partition coefficient (Wildman–Crippen LogP) is 2.42. The van der Waals surface area contributed by atoms with Crippen LogP contribution in [0, 0.1) is 0 Å². The van der Waals surface area contributed by atoms with Crippen molar-refractivity contribution >= 4 is 11.7 Å². The minimum absolute atomic E-state index is 0.166. The van der Waals surface area contributed by atoms with E-state index in [0.717, 1.165) is 25.3 Å². The average Bonchev–Trinajstić information content (AvgIpc) is 2.42. The number of piperidine rings is 1. The highest BCUT2D eigenvalue weighted by molar-refractivity contribution is 5.89. The fraction of sp³-hybridized carbons (Fsp3) is 0.500. The Hall–Kier alpha value is -1.55. The molecule has 4 heteroatoms. The number of hydrogen-bond donors (Lipinski definition) is 2. The predicted molar refractivity (Wildman–Crippen MR) is 73.6 cm³/mol. The maximum Gasteiger partial charge on any atom is 0.318 e. The van der Waals surface area contributed by atoms with Crippen molar-refractivity contribution in [3.8, 4) is 0 Å². The average molecular weight is 247 g/mol. The molecule has 0 unspecified atom stereocenters. The summed E-state index contributed by atoms with van der Waals surface area (Å²) in [5.41, 5.74) is 2.09. The first-order valence-corrected chi connectivity index (χ1v) is 6.58. The molecule has 1 fully saturated rings. The van der Waals surface area contributed by atoms with E-state index in [2.05, 4.69) is 21.6 Å². The van der Waals surface area contributed by atoms with Gasteiger partial charge in [0.2, 0.25) is 0 Å². The molecule has 0 radical (unpaired) electrons. The van der Waals surface area contributed by atoms with Crippen molar-refractivity contribution in [2.24, 2.45) is 0 Å². The van der Waals surface area contributed by atoms with Gasteiger partial charge >= 0.3 is 6.03 Å². The summed E-state index contributed by atoms with van der Waals surface area (Å²) in [5.74, 6) is 0. The standard InChI is InChI=1S/C14H21N3O/c1-15-14(18)16-13-8-4-3-7-12(13)11-17-9-5-2-6-10-17/h3-4,7-8H,2,5-6,9-11H2,1H3,(H2,15,16,18). The molecular weight excluding hydrogens is 226 g/mol. The number of nitrogens with zero attached hydrogens (tertiary/aromatic N) is 1. The van der Waals surface area contributed by atoms with Crippen LogP contribution in [0.25, 0.3) is 0 Å². The number of likely N-dealkylation sites (tertiary alicyclic amines) is 1. The normalized spacial score (nSPS) is 16.3. The van der Waals surface area contributed by atoms with Crippen molar-refractivity contribution in [3.63, 3.8) is 0 Å². The number of urea groups is 1. The summed E-state index contributed by atoms with van der Waals surface area (Å²) in [7, 11) is 1.63. The number of rotatable bonds is 3. The quantitative estimate of drug-likeness (QED) is 0.861. The first-order valence-electron chi connectivity index (χ1n) is 6.58. The molecule has 4 nitrogen and oxygen atoms in total. The number of hydrogen-bond acceptors (Lipinski definition) is 2. The second-order valence-electron chi connectivity index (χ2n) is 4.70. The van der Waals surface area contributed by atoms with Gasteiger partial charge < -0.3 is 10.6 Å². The largest absolute Gasteiger partial charge is 0.341 e. The van der Waals surface area contributed by atoms with Gasteiger partial charge in [-0.25, -0.2) is 4.79 Å². The molecule has 0 bridgehead atoms. The zero-order chi connectivity index (χ0) is 12.8. The van der Waals surface area contributed by atoms with Crippen LogP contribution in [0.15, 0.2) is 24.3 Å². The second kappa shape index (κ2) is 6.40. The highest BCUT2D eigenvalue weighted by atomic mass is 16.2. The van der Waals surface area contributed by atoms with Gasteiger partial charge in [0.25, 0.3) is 0 Å². The molecule has 1 saturated heterocycles. The van der Waals surface area contributed by atoms with Gasteiger partial charge in [-0.2, -0.15) is 0 Å². The molecule has 1 aliphatic heterocycles. The number of nitrogens with one attached hydrogen (secondary N) is 2. The summed E-state index contributed by atoms with van der Waals surface area (Å²) in [6, 6.07) is 7.84. The minimum Gasteiger partial charge on any atom is -0.341 e. The highest BCUT2D eigenvalue weighted by Crippen LogP contribution is 2.19. The van der Waals surface area contributed by atoms with E-state index in [9.17, 15) is 4.79 Å². The molecule has 0 aliphatic carbocycles. The van der Waals surface area contributed by atoms with Gasteiger partial charge in [0.05, 0.1) is 0 Å². The molecule has 1 heterocycles. The fourth-order valence-electron chi connectivity index (χ4n) is 2.32. The molecule has 0 atom stereocenters. The topological polar surface area (TPSA) is 44.4 Å². The summed E-state index contributed by atoms with van der Waals surface area (Å²) < 4.78 is 0. The van der Waals surface area contributed by atoms with E-state index < -0.39 is 0 Å². The van der Waals surface area contributed by atoms with Crippen LogP contribution in [0.3, 0.4) is 0 Å². The molecule has 2 rings (SSSR count). The third-order valence-electron chi connectivity index (χ3n) is 3.34. The third kappa shape index (κ3) is 3.47. The summed E-state index contributed by atoms with van der Waals surface area (Å²) in [5, 5.41) is 5.45. The minimum atomic E-state index is -0.166. The second-order valence-corrected chi connectivity index (χ2v) is 4.70. The lowest BCUT2D eigenvalue weighted by Gasteiger charge is -2.27. The third-order valence-corrected chi connectivity index (χ3v) is 3.34. The molecule has 2 amide bonds. The number of para-hydroxylation sites is 1. The van der Waals surface area contributed by atoms with Crippen LogP contribution in [-0.2, 0) is 6.54 Å². The Labute approximate surface area is 108 Å². The molecule has 0 spiro atoms. The molecule has 98 valence electrons. The number of carbonyl (C=O) groups excluding carboxylic acids is 1. The Morgan fingerprint density at radius 3 is 2.67 bits per heavy atom. The van der Waals surface area contributed by atoms with Crippen LogP contribution >= 0.6 is 0 Å². The van der Waals surface area contributed by atoms with E-state index in [4.69, 9.17) is 0 Å². The number of benzene rings is 1. The van der Waals surface area contributed by atoms with Crippen LogP contribution in [0.5, 0.6) is 0 Å². The van der Waals surface area contributed by atoms with Gasteiger partial charge in [0, 0.05) is 19.3 Å². The molecule has 1 aromatic rings. The van der Waals surface area contributed by atoms with Crippen LogP contribution in [0.4, 0.5) is 10.5 Å². The molecule has 0 aromatic heterocycles. The summed E-state index contributed by atoms with van der Waals surface area (Å²) in [6.45, 7) is 3.24. The fourth-order valence-corrected chi connectivity index (χ4v) is 2.32. The van der Waals surface area contributed by atoms with Gasteiger partial charge in [-0.15, -0.1) is 0 Å². The van der Waals surface area contributed by atoms with Gasteiger partial charge in [-0.1, -0.05) is 24.6 Å². The summed E-state index contributed by atoms with van der Waals surface area (Å²) in [4.78, 5) is 13.8. The van der Waals surface area contributed by atoms with Crippen molar-refractivity contribution < 1.29 is 4.79 Å². The van der Waals surface area contributed by atoms with E-state index in [0.29, 0.717) is 0 Å². The Balaban J connectivity index is 2.04. The van der Waals surface area contributed by atoms with E-state index in [1.165, 1.54) is 24.8 Å². The Morgan fingerprint density at radius 2 is 1.94 bits per heavy atom. The van der Waals surface area contributed by atoms with E-state index in [1.54, 1.807) is 7.05 Å². The molecule has 2 N–H and O–H groups in total. The van der Waals surface area contributed by atoms with Crippen molar-refractivity contribution in [1.29, 1.82) is 0 Å². The zero-order valence-electron chi connectivity index (χ0n) is 10.9. The Kier molecular flexibility index (Phi) is 4.59. The molecule has 0 saturated carbocycles. The highest BCUT2D eigenvalue weighted by Gasteiger charge is 2.12. The van der Waals surface area contributed by atoms with Crippen molar-refractivity contribution in [3.05, 3.63) is 29.8 Å². The zero-order valence-corrected chi connectivity index (χ0v) is 10.9.